The Hall–Kier alpha value is -0.960. The molecule has 2 aliphatic carbocycles. The van der Waals surface area contributed by atoms with E-state index in [-0.39, 0.29) is 0 Å². The molecule has 3 heteroatoms. The summed E-state index contributed by atoms with van der Waals surface area (Å²) in [4.78, 5) is 8.48. The summed E-state index contributed by atoms with van der Waals surface area (Å²) in [6.45, 7) is 8.15. The molecule has 1 N–H and O–H groups in total. The van der Waals surface area contributed by atoms with E-state index < -0.39 is 0 Å². The number of nitrogens with zero attached hydrogens (tertiary/aromatic N) is 2. The third-order valence-corrected chi connectivity index (χ3v) is 5.37. The minimum absolute atomic E-state index is 0.412. The molecule has 2 aliphatic rings. The van der Waals surface area contributed by atoms with Crippen LogP contribution in [0.15, 0.2) is 18.6 Å². The van der Waals surface area contributed by atoms with E-state index in [0.29, 0.717) is 16.9 Å². The molecule has 1 heterocycles. The Labute approximate surface area is 109 Å². The SMILES string of the molecule is CC12CCC(C1)C(C)(C)C2NCc1cnccn1. The van der Waals surface area contributed by atoms with Gasteiger partial charge in [-0.15, -0.1) is 0 Å². The first-order valence-corrected chi connectivity index (χ1v) is 7.01. The van der Waals surface area contributed by atoms with Crippen molar-refractivity contribution < 1.29 is 0 Å². The van der Waals surface area contributed by atoms with E-state index in [4.69, 9.17) is 0 Å². The van der Waals surface area contributed by atoms with E-state index in [9.17, 15) is 0 Å². The Morgan fingerprint density at radius 3 is 2.78 bits per heavy atom. The van der Waals surface area contributed by atoms with Crippen LogP contribution in [-0.4, -0.2) is 16.0 Å². The van der Waals surface area contributed by atoms with E-state index in [1.165, 1.54) is 19.3 Å². The van der Waals surface area contributed by atoms with E-state index in [1.54, 1.807) is 12.4 Å². The maximum Gasteiger partial charge on any atom is 0.0724 e. The standard InChI is InChI=1S/C15H23N3/c1-14(2)11-4-5-15(3,8-11)13(14)18-10-12-9-16-6-7-17-12/h6-7,9,11,13,18H,4-5,8,10H2,1-3H3. The largest absolute Gasteiger partial charge is 0.307 e. The zero-order valence-corrected chi connectivity index (χ0v) is 11.6. The van der Waals surface area contributed by atoms with E-state index >= 15 is 0 Å². The topological polar surface area (TPSA) is 37.8 Å². The Bertz CT molecular complexity index is 424. The fraction of sp³-hybridized carbons (Fsp3) is 0.733. The molecule has 0 aliphatic heterocycles. The normalized spacial score (nSPS) is 37.1. The number of nitrogens with one attached hydrogen (secondary N) is 1. The van der Waals surface area contributed by atoms with Crippen molar-refractivity contribution in [2.75, 3.05) is 0 Å². The van der Waals surface area contributed by atoms with Crippen LogP contribution < -0.4 is 5.32 Å². The summed E-state index contributed by atoms with van der Waals surface area (Å²) < 4.78 is 0. The number of hydrogen-bond donors (Lipinski definition) is 1. The fourth-order valence-corrected chi connectivity index (χ4v) is 4.44. The van der Waals surface area contributed by atoms with Gasteiger partial charge in [-0.25, -0.2) is 0 Å². The fourth-order valence-electron chi connectivity index (χ4n) is 4.44. The van der Waals surface area contributed by atoms with Crippen molar-refractivity contribution in [1.82, 2.24) is 15.3 Å². The molecular weight excluding hydrogens is 222 g/mol. The minimum Gasteiger partial charge on any atom is -0.307 e. The smallest absolute Gasteiger partial charge is 0.0724 e. The molecule has 2 bridgehead atoms. The first kappa shape index (κ1) is 12.1. The Kier molecular flexibility index (Phi) is 2.70. The molecule has 3 rings (SSSR count). The number of fused-ring (bicyclic) bond motifs is 2. The lowest BCUT2D eigenvalue weighted by atomic mass is 9.68. The Morgan fingerprint density at radius 2 is 2.17 bits per heavy atom. The van der Waals surface area contributed by atoms with Crippen LogP contribution in [-0.2, 0) is 6.54 Å². The molecule has 3 atom stereocenters. The van der Waals surface area contributed by atoms with Gasteiger partial charge in [0.15, 0.2) is 0 Å². The Balaban J connectivity index is 1.73. The third-order valence-electron chi connectivity index (χ3n) is 5.37. The minimum atomic E-state index is 0.412. The van der Waals surface area contributed by atoms with Gasteiger partial charge in [0.25, 0.3) is 0 Å². The average Bonchev–Trinajstić information content (AvgIpc) is 2.81. The van der Waals surface area contributed by atoms with Gasteiger partial charge in [-0.3, -0.25) is 9.97 Å². The van der Waals surface area contributed by atoms with Crippen LogP contribution in [0, 0.1) is 16.7 Å². The predicted octanol–water partition coefficient (Wildman–Crippen LogP) is 2.78. The highest BCUT2D eigenvalue weighted by Gasteiger charge is 2.58. The van der Waals surface area contributed by atoms with E-state index in [2.05, 4.69) is 36.1 Å². The summed E-state index contributed by atoms with van der Waals surface area (Å²) in [5, 5.41) is 3.76. The van der Waals surface area contributed by atoms with Crippen LogP contribution >= 0.6 is 0 Å². The molecule has 0 saturated heterocycles. The summed E-state index contributed by atoms with van der Waals surface area (Å²) in [6, 6.07) is 0.603. The van der Waals surface area contributed by atoms with Crippen molar-refractivity contribution in [3.8, 4) is 0 Å². The molecule has 3 nitrogen and oxygen atoms in total. The van der Waals surface area contributed by atoms with Crippen molar-refractivity contribution in [1.29, 1.82) is 0 Å². The summed E-state index contributed by atoms with van der Waals surface area (Å²) >= 11 is 0. The second kappa shape index (κ2) is 4.02. The molecule has 0 spiro atoms. The van der Waals surface area contributed by atoms with Crippen LogP contribution in [0.1, 0.15) is 45.7 Å². The number of hydrogen-bond acceptors (Lipinski definition) is 3. The zero-order valence-electron chi connectivity index (χ0n) is 11.6. The first-order chi connectivity index (χ1) is 8.52. The quantitative estimate of drug-likeness (QED) is 0.890. The van der Waals surface area contributed by atoms with Gasteiger partial charge in [-0.05, 0) is 36.0 Å². The predicted molar refractivity (Wildman–Crippen MR) is 71.9 cm³/mol. The maximum atomic E-state index is 4.35. The second-order valence-corrected chi connectivity index (χ2v) is 6.93. The molecule has 0 aromatic carbocycles. The van der Waals surface area contributed by atoms with Crippen molar-refractivity contribution in [3.63, 3.8) is 0 Å². The molecule has 0 radical (unpaired) electrons. The van der Waals surface area contributed by atoms with Crippen molar-refractivity contribution in [2.24, 2.45) is 16.7 Å². The summed E-state index contributed by atoms with van der Waals surface area (Å²) in [7, 11) is 0. The average molecular weight is 245 g/mol. The first-order valence-electron chi connectivity index (χ1n) is 7.01. The maximum absolute atomic E-state index is 4.35. The van der Waals surface area contributed by atoms with Crippen molar-refractivity contribution in [2.45, 2.75) is 52.6 Å². The van der Waals surface area contributed by atoms with Crippen molar-refractivity contribution in [3.05, 3.63) is 24.3 Å². The van der Waals surface area contributed by atoms with Crippen LogP contribution in [0.25, 0.3) is 0 Å². The van der Waals surface area contributed by atoms with Gasteiger partial charge in [0.2, 0.25) is 0 Å². The highest BCUT2D eigenvalue weighted by molar-refractivity contribution is 5.12. The Morgan fingerprint density at radius 1 is 1.33 bits per heavy atom. The molecule has 1 aromatic rings. The molecule has 98 valence electrons. The zero-order chi connectivity index (χ0) is 12.8. The van der Waals surface area contributed by atoms with Gasteiger partial charge in [0.05, 0.1) is 5.69 Å². The lowest BCUT2D eigenvalue weighted by Crippen LogP contribution is -2.50. The lowest BCUT2D eigenvalue weighted by molar-refractivity contribution is 0.107. The molecule has 0 amide bonds. The van der Waals surface area contributed by atoms with Gasteiger partial charge in [-0.2, -0.15) is 0 Å². The summed E-state index contributed by atoms with van der Waals surface area (Å²) in [6.07, 6.45) is 9.52. The summed E-state index contributed by atoms with van der Waals surface area (Å²) in [5.74, 6) is 0.891. The highest BCUT2D eigenvalue weighted by atomic mass is 15.0. The lowest BCUT2D eigenvalue weighted by Gasteiger charge is -2.43. The van der Waals surface area contributed by atoms with Gasteiger partial charge >= 0.3 is 0 Å². The second-order valence-electron chi connectivity index (χ2n) is 6.93. The van der Waals surface area contributed by atoms with Crippen LogP contribution in [0.3, 0.4) is 0 Å². The van der Waals surface area contributed by atoms with E-state index in [1.807, 2.05) is 6.20 Å². The number of rotatable bonds is 3. The molecular formula is C15H23N3. The van der Waals surface area contributed by atoms with Crippen LogP contribution in [0.2, 0.25) is 0 Å². The molecule has 2 saturated carbocycles. The monoisotopic (exact) mass is 245 g/mol. The molecule has 2 fully saturated rings. The van der Waals surface area contributed by atoms with E-state index in [0.717, 1.165) is 18.2 Å². The van der Waals surface area contributed by atoms with Gasteiger partial charge in [-0.1, -0.05) is 20.8 Å². The van der Waals surface area contributed by atoms with Crippen LogP contribution in [0.4, 0.5) is 0 Å². The van der Waals surface area contributed by atoms with Gasteiger partial charge in [0.1, 0.15) is 0 Å². The third kappa shape index (κ3) is 1.76. The highest BCUT2D eigenvalue weighted by Crippen LogP contribution is 2.62. The number of aromatic nitrogens is 2. The molecule has 1 aromatic heterocycles. The molecule has 3 unspecified atom stereocenters. The van der Waals surface area contributed by atoms with Gasteiger partial charge in [0, 0.05) is 31.2 Å². The van der Waals surface area contributed by atoms with Crippen LogP contribution in [0.5, 0.6) is 0 Å². The summed E-state index contributed by atoms with van der Waals surface area (Å²) in [5.41, 5.74) is 1.94. The van der Waals surface area contributed by atoms with Crippen molar-refractivity contribution >= 4 is 0 Å². The molecule has 18 heavy (non-hydrogen) atoms. The van der Waals surface area contributed by atoms with Gasteiger partial charge < -0.3 is 5.32 Å².